The van der Waals surface area contributed by atoms with E-state index in [0.717, 1.165) is 27.4 Å². The van der Waals surface area contributed by atoms with Gasteiger partial charge in [-0.25, -0.2) is 4.98 Å². The molecule has 2 aromatic carbocycles. The molecule has 1 aliphatic heterocycles. The second-order valence-electron chi connectivity index (χ2n) is 6.93. The van der Waals surface area contributed by atoms with Crippen LogP contribution in [0.3, 0.4) is 0 Å². The van der Waals surface area contributed by atoms with Crippen molar-refractivity contribution in [1.29, 1.82) is 0 Å². The standard InChI is InChI=1S/C21H21N3O3S/c1-21(2)19(24-23-12-13-6-4-5-7-16(13)25)15-10-14(20-22-8-9-28-20)11-17(26-3)18(15)27-21/h4-11,23,25H,12H2,1-3H3/b24-19+. The molecule has 144 valence electrons. The Morgan fingerprint density at radius 3 is 2.82 bits per heavy atom. The number of ether oxygens (including phenoxy) is 2. The molecule has 2 N–H and O–H groups in total. The molecule has 0 aliphatic carbocycles. The molecular weight excluding hydrogens is 374 g/mol. The minimum absolute atomic E-state index is 0.241. The average molecular weight is 395 g/mol. The van der Waals surface area contributed by atoms with E-state index >= 15 is 0 Å². The molecule has 1 aromatic heterocycles. The van der Waals surface area contributed by atoms with Crippen LogP contribution in [0, 0.1) is 0 Å². The number of aromatic nitrogens is 1. The van der Waals surface area contributed by atoms with Gasteiger partial charge in [0.25, 0.3) is 0 Å². The molecule has 28 heavy (non-hydrogen) atoms. The number of aromatic hydroxyl groups is 1. The summed E-state index contributed by atoms with van der Waals surface area (Å²) in [5.41, 5.74) is 5.83. The average Bonchev–Trinajstić information content (AvgIpc) is 3.29. The molecule has 0 fully saturated rings. The molecule has 0 unspecified atom stereocenters. The van der Waals surface area contributed by atoms with Gasteiger partial charge < -0.3 is 20.0 Å². The van der Waals surface area contributed by atoms with Crippen LogP contribution in [0.2, 0.25) is 0 Å². The largest absolute Gasteiger partial charge is 0.508 e. The first kappa shape index (κ1) is 18.3. The van der Waals surface area contributed by atoms with E-state index in [0.29, 0.717) is 18.0 Å². The maximum atomic E-state index is 9.94. The summed E-state index contributed by atoms with van der Waals surface area (Å²) in [4.78, 5) is 4.40. The van der Waals surface area contributed by atoms with E-state index in [9.17, 15) is 5.11 Å². The monoisotopic (exact) mass is 395 g/mol. The summed E-state index contributed by atoms with van der Waals surface area (Å²) in [7, 11) is 1.63. The number of rotatable bonds is 5. The number of fused-ring (bicyclic) bond motifs is 1. The van der Waals surface area contributed by atoms with Crippen molar-refractivity contribution in [2.75, 3.05) is 7.11 Å². The SMILES string of the molecule is COc1cc(-c2nccs2)cc2c1OC(C)(C)/C2=N/NCc1ccccc1O. The van der Waals surface area contributed by atoms with Crippen molar-refractivity contribution in [2.45, 2.75) is 26.0 Å². The molecular formula is C21H21N3O3S. The highest BCUT2D eigenvalue weighted by molar-refractivity contribution is 7.13. The molecule has 3 aromatic rings. The van der Waals surface area contributed by atoms with Gasteiger partial charge in [0, 0.05) is 28.3 Å². The Labute approximate surface area is 167 Å². The minimum Gasteiger partial charge on any atom is -0.508 e. The smallest absolute Gasteiger partial charge is 0.171 e. The third-order valence-corrected chi connectivity index (χ3v) is 5.41. The second kappa shape index (κ2) is 7.16. The fraction of sp³-hybridized carbons (Fsp3) is 0.238. The number of phenolic OH excluding ortho intramolecular Hbond substituents is 1. The highest BCUT2D eigenvalue weighted by Crippen LogP contribution is 2.45. The third kappa shape index (κ3) is 3.29. The van der Waals surface area contributed by atoms with Crippen molar-refractivity contribution < 1.29 is 14.6 Å². The van der Waals surface area contributed by atoms with Gasteiger partial charge in [-0.2, -0.15) is 5.10 Å². The van der Waals surface area contributed by atoms with Crippen LogP contribution in [-0.4, -0.2) is 28.5 Å². The van der Waals surface area contributed by atoms with Gasteiger partial charge in [0.1, 0.15) is 22.1 Å². The van der Waals surface area contributed by atoms with Gasteiger partial charge in [-0.1, -0.05) is 18.2 Å². The summed E-state index contributed by atoms with van der Waals surface area (Å²) in [5, 5.41) is 17.4. The van der Waals surface area contributed by atoms with Crippen LogP contribution in [-0.2, 0) is 6.54 Å². The van der Waals surface area contributed by atoms with Crippen molar-refractivity contribution in [3.05, 3.63) is 59.1 Å². The minimum atomic E-state index is -0.622. The van der Waals surface area contributed by atoms with Crippen LogP contribution in [0.25, 0.3) is 10.6 Å². The van der Waals surface area contributed by atoms with E-state index in [1.165, 1.54) is 0 Å². The zero-order valence-corrected chi connectivity index (χ0v) is 16.7. The molecule has 0 saturated carbocycles. The van der Waals surface area contributed by atoms with Crippen molar-refractivity contribution in [2.24, 2.45) is 5.10 Å². The Morgan fingerprint density at radius 1 is 1.29 bits per heavy atom. The number of hydrogen-bond acceptors (Lipinski definition) is 7. The fourth-order valence-electron chi connectivity index (χ4n) is 3.21. The number of phenols is 1. The fourth-order valence-corrected chi connectivity index (χ4v) is 3.84. The van der Waals surface area contributed by atoms with Gasteiger partial charge in [-0.15, -0.1) is 11.3 Å². The molecule has 0 atom stereocenters. The molecule has 4 rings (SSSR count). The second-order valence-corrected chi connectivity index (χ2v) is 7.82. The molecule has 2 heterocycles. The number of methoxy groups -OCH3 is 1. The van der Waals surface area contributed by atoms with Gasteiger partial charge >= 0.3 is 0 Å². The third-order valence-electron chi connectivity index (χ3n) is 4.59. The van der Waals surface area contributed by atoms with Crippen LogP contribution >= 0.6 is 11.3 Å². The van der Waals surface area contributed by atoms with Crippen molar-refractivity contribution in [1.82, 2.24) is 10.4 Å². The molecule has 0 amide bonds. The zero-order chi connectivity index (χ0) is 19.7. The highest BCUT2D eigenvalue weighted by atomic mass is 32.1. The molecule has 0 saturated heterocycles. The van der Waals surface area contributed by atoms with E-state index in [1.54, 1.807) is 36.8 Å². The molecule has 7 heteroatoms. The number of benzene rings is 2. The van der Waals surface area contributed by atoms with Crippen LogP contribution in [0.15, 0.2) is 53.1 Å². The Kier molecular flexibility index (Phi) is 4.68. The summed E-state index contributed by atoms with van der Waals surface area (Å²) in [6.45, 7) is 4.34. The highest BCUT2D eigenvalue weighted by Gasteiger charge is 2.40. The van der Waals surface area contributed by atoms with E-state index < -0.39 is 5.60 Å². The van der Waals surface area contributed by atoms with Gasteiger partial charge in [0.15, 0.2) is 11.5 Å². The number of thiazole rings is 1. The first-order valence-electron chi connectivity index (χ1n) is 8.89. The van der Waals surface area contributed by atoms with Crippen LogP contribution in [0.4, 0.5) is 0 Å². The summed E-state index contributed by atoms with van der Waals surface area (Å²) < 4.78 is 11.7. The van der Waals surface area contributed by atoms with Gasteiger partial charge in [0.2, 0.25) is 0 Å². The number of nitrogens with zero attached hydrogens (tertiary/aromatic N) is 2. The van der Waals surface area contributed by atoms with Gasteiger partial charge in [-0.3, -0.25) is 0 Å². The van der Waals surface area contributed by atoms with Crippen LogP contribution < -0.4 is 14.9 Å². The summed E-state index contributed by atoms with van der Waals surface area (Å²) in [5.74, 6) is 1.57. The summed E-state index contributed by atoms with van der Waals surface area (Å²) in [6.07, 6.45) is 1.78. The first-order valence-corrected chi connectivity index (χ1v) is 9.77. The van der Waals surface area contributed by atoms with Crippen molar-refractivity contribution in [3.8, 4) is 27.8 Å². The van der Waals surface area contributed by atoms with Crippen molar-refractivity contribution in [3.63, 3.8) is 0 Å². The molecule has 6 nitrogen and oxygen atoms in total. The molecule has 1 aliphatic rings. The lowest BCUT2D eigenvalue weighted by Crippen LogP contribution is -2.34. The Balaban J connectivity index is 1.71. The maximum Gasteiger partial charge on any atom is 0.171 e. The number of hydrazone groups is 1. The maximum absolute atomic E-state index is 9.94. The lowest BCUT2D eigenvalue weighted by atomic mass is 9.97. The molecule has 0 spiro atoms. The Bertz CT molecular complexity index is 1030. The molecule has 0 radical (unpaired) electrons. The van der Waals surface area contributed by atoms with Gasteiger partial charge in [0.05, 0.1) is 13.7 Å². The van der Waals surface area contributed by atoms with Crippen LogP contribution in [0.1, 0.15) is 25.0 Å². The van der Waals surface area contributed by atoms with Crippen LogP contribution in [0.5, 0.6) is 17.2 Å². The lowest BCUT2D eigenvalue weighted by Gasteiger charge is -2.19. The van der Waals surface area contributed by atoms with Gasteiger partial charge in [-0.05, 0) is 32.0 Å². The Morgan fingerprint density at radius 2 is 2.11 bits per heavy atom. The van der Waals surface area contributed by atoms with E-state index in [1.807, 2.05) is 43.5 Å². The zero-order valence-electron chi connectivity index (χ0n) is 15.9. The number of hydrogen-bond donors (Lipinski definition) is 2. The number of nitrogens with one attached hydrogen (secondary N) is 1. The number of para-hydroxylation sites is 1. The normalized spacial score (nSPS) is 15.9. The van der Waals surface area contributed by atoms with E-state index in [4.69, 9.17) is 9.47 Å². The molecule has 0 bridgehead atoms. The predicted octanol–water partition coefficient (Wildman–Crippen LogP) is 4.19. The lowest BCUT2D eigenvalue weighted by molar-refractivity contribution is 0.189. The summed E-state index contributed by atoms with van der Waals surface area (Å²) >= 11 is 1.57. The van der Waals surface area contributed by atoms with Crippen molar-refractivity contribution >= 4 is 17.0 Å². The predicted molar refractivity (Wildman–Crippen MR) is 110 cm³/mol. The Hall–Kier alpha value is -3.06. The topological polar surface area (TPSA) is 76.0 Å². The van der Waals surface area contributed by atoms with E-state index in [-0.39, 0.29) is 5.75 Å². The summed E-state index contributed by atoms with van der Waals surface area (Å²) in [6, 6.07) is 11.2. The quantitative estimate of drug-likeness (QED) is 0.634. The van der Waals surface area contributed by atoms with E-state index in [2.05, 4.69) is 15.5 Å². The first-order chi connectivity index (χ1) is 13.5.